The summed E-state index contributed by atoms with van der Waals surface area (Å²) in [7, 11) is 0. The second-order valence-corrected chi connectivity index (χ2v) is 19.6. The first-order chi connectivity index (χ1) is 35.9. The molecule has 0 amide bonds. The van der Waals surface area contributed by atoms with Gasteiger partial charge in [-0.2, -0.15) is 0 Å². The number of nitrogens with zero attached hydrogens (tertiary/aromatic N) is 4. The Labute approximate surface area is 413 Å². The average Bonchev–Trinajstić information content (AvgIpc) is 3.92. The van der Waals surface area contributed by atoms with Crippen LogP contribution in [0.15, 0.2) is 201 Å². The van der Waals surface area contributed by atoms with Crippen LogP contribution in [0.2, 0.25) is 0 Å². The topological polar surface area (TPSA) is 35.9 Å². The second kappa shape index (κ2) is 17.0. The third kappa shape index (κ3) is 8.21. The van der Waals surface area contributed by atoms with Crippen molar-refractivity contribution in [2.45, 2.75) is 83.8 Å². The van der Waals surface area contributed by atoms with E-state index in [1.165, 1.54) is 19.2 Å². The molecule has 0 aliphatic rings. The van der Waals surface area contributed by atoms with Crippen molar-refractivity contribution in [3.8, 4) is 28.7 Å². The molecule has 68 heavy (non-hydrogen) atoms. The number of rotatable bonds is 11. The summed E-state index contributed by atoms with van der Waals surface area (Å²) >= 11 is 0. The number of hydrogen-bond donors (Lipinski definition) is 0. The predicted molar refractivity (Wildman–Crippen MR) is 279 cm³/mol. The van der Waals surface area contributed by atoms with Gasteiger partial charge in [-0.25, -0.2) is 4.98 Å². The van der Waals surface area contributed by atoms with Crippen LogP contribution >= 0.6 is 0 Å². The number of hydrogen-bond acceptors (Lipinski definition) is 2. The minimum Gasteiger partial charge on any atom is -0.458 e. The lowest BCUT2D eigenvalue weighted by Gasteiger charge is -2.32. The zero-order valence-electron chi connectivity index (χ0n) is 47.6. The Morgan fingerprint density at radius 2 is 1.07 bits per heavy atom. The van der Waals surface area contributed by atoms with E-state index in [-0.39, 0.29) is 17.9 Å². The van der Waals surface area contributed by atoms with Gasteiger partial charge in [0.15, 0.2) is 0 Å². The summed E-state index contributed by atoms with van der Waals surface area (Å²) in [6.45, 7) is 8.71. The molecule has 0 unspecified atom stereocenters. The summed E-state index contributed by atoms with van der Waals surface area (Å²) in [6, 6.07) is 60.0. The molecule has 0 aliphatic carbocycles. The molecular formula is C63H60N4O. The summed E-state index contributed by atoms with van der Waals surface area (Å²) in [5.41, 5.74) is 5.69. The maximum atomic E-state index is 9.59. The maximum absolute atomic E-state index is 9.59. The zero-order valence-corrected chi connectivity index (χ0v) is 39.6. The molecule has 3 aromatic heterocycles. The highest BCUT2D eigenvalue weighted by atomic mass is 16.5. The molecule has 0 aliphatic heterocycles. The van der Waals surface area contributed by atoms with Crippen molar-refractivity contribution in [1.82, 2.24) is 14.1 Å². The van der Waals surface area contributed by atoms with Gasteiger partial charge in [0.25, 0.3) is 6.33 Å². The summed E-state index contributed by atoms with van der Waals surface area (Å²) in [6.07, 6.45) is 4.80. The van der Waals surface area contributed by atoms with Crippen molar-refractivity contribution in [3.63, 3.8) is 0 Å². The molecule has 0 saturated carbocycles. The molecule has 338 valence electrons. The number of pyridine rings is 1. The Bertz CT molecular complexity index is 3700. The number of aromatic nitrogens is 4. The SMILES string of the molecule is [2H]c1c([2H])[n+](-c2cc(C(C)(C)c3ccccc3)cc(C(C)(C)c3ccccc3)c2)[c-]n1-c1cc(Oc2ccc3c4ccccc4n(-c4cc(C(C)(C([2H])([2H])[2H])C([2H])([2H])[2H])ccn4)c3c2)cc(C(C)(C)c2ccccc2)c1. The number of imidazole rings is 1. The van der Waals surface area contributed by atoms with Crippen LogP contribution in [0.3, 0.4) is 0 Å². The molecule has 10 aromatic rings. The summed E-state index contributed by atoms with van der Waals surface area (Å²) in [5, 5.41) is 1.79. The van der Waals surface area contributed by atoms with E-state index in [0.717, 1.165) is 49.7 Å². The van der Waals surface area contributed by atoms with Crippen LogP contribution in [-0.4, -0.2) is 14.1 Å². The van der Waals surface area contributed by atoms with E-state index in [1.807, 2.05) is 95.6 Å². The van der Waals surface area contributed by atoms with E-state index < -0.39 is 35.4 Å². The molecule has 5 nitrogen and oxygen atoms in total. The van der Waals surface area contributed by atoms with Gasteiger partial charge in [0.2, 0.25) is 0 Å². The standard InChI is InChI=1S/C63H60N4O/c1-60(2,3)47-31-32-64-59(40-47)67-57-28-20-19-27-55(57)56-30-29-53(42-58(56)67)68-54-39-50(63(8,9)46-25-17-12-18-26-46)38-52(41-54)66-34-33-65(43-66)51-36-48(61(4,5)44-21-13-10-14-22-44)35-49(37-51)62(6,7)45-23-15-11-16-24-45/h10-42H,1-9H3/i1D3,2D3,33D,34D. The third-order valence-corrected chi connectivity index (χ3v) is 13.9. The molecule has 0 bridgehead atoms. The summed E-state index contributed by atoms with van der Waals surface area (Å²) < 4.78 is 81.5. The molecule has 3 heterocycles. The van der Waals surface area contributed by atoms with Gasteiger partial charge in [-0.15, -0.1) is 0 Å². The summed E-state index contributed by atoms with van der Waals surface area (Å²) in [5.74, 6) is 1.31. The van der Waals surface area contributed by atoms with E-state index in [1.54, 1.807) is 15.2 Å². The fourth-order valence-electron chi connectivity index (χ4n) is 9.40. The lowest BCUT2D eigenvalue weighted by atomic mass is 9.73. The van der Waals surface area contributed by atoms with Gasteiger partial charge < -0.3 is 4.74 Å². The van der Waals surface area contributed by atoms with E-state index in [9.17, 15) is 2.74 Å². The Morgan fingerprint density at radius 1 is 0.515 bits per heavy atom. The highest BCUT2D eigenvalue weighted by Gasteiger charge is 2.30. The Hall–Kier alpha value is -7.50. The molecule has 0 radical (unpaired) electrons. The highest BCUT2D eigenvalue weighted by Crippen LogP contribution is 2.41. The van der Waals surface area contributed by atoms with Crippen LogP contribution in [0.5, 0.6) is 11.5 Å². The van der Waals surface area contributed by atoms with Gasteiger partial charge >= 0.3 is 0 Å². The van der Waals surface area contributed by atoms with Gasteiger partial charge in [0.1, 0.15) is 17.3 Å². The monoisotopic (exact) mass is 897 g/mol. The lowest BCUT2D eigenvalue weighted by Crippen LogP contribution is -2.31. The molecule has 0 atom stereocenters. The lowest BCUT2D eigenvalue weighted by molar-refractivity contribution is -0.599. The van der Waals surface area contributed by atoms with Gasteiger partial charge in [0, 0.05) is 59.9 Å². The number of ether oxygens (including phenoxy) is 1. The Balaban J connectivity index is 1.12. The van der Waals surface area contributed by atoms with Crippen LogP contribution < -0.4 is 9.30 Å². The quantitative estimate of drug-likeness (QED) is 0.0958. The molecule has 10 rings (SSSR count). The molecule has 0 fully saturated rings. The fourth-order valence-corrected chi connectivity index (χ4v) is 9.40. The van der Waals surface area contributed by atoms with E-state index in [4.69, 9.17) is 17.9 Å². The Kier molecular flexibility index (Phi) is 8.91. The molecule has 0 N–H and O–H groups in total. The van der Waals surface area contributed by atoms with Gasteiger partial charge in [0.05, 0.1) is 25.1 Å². The summed E-state index contributed by atoms with van der Waals surface area (Å²) in [4.78, 5) is 4.70. The first-order valence-corrected chi connectivity index (χ1v) is 23.1. The molecule has 0 saturated heterocycles. The van der Waals surface area contributed by atoms with Crippen molar-refractivity contribution in [3.05, 3.63) is 246 Å². The predicted octanol–water partition coefficient (Wildman–Crippen LogP) is 15.1. The maximum Gasteiger partial charge on any atom is 0.268 e. The van der Waals surface area contributed by atoms with Crippen LogP contribution in [0.25, 0.3) is 39.0 Å². The third-order valence-electron chi connectivity index (χ3n) is 13.9. The molecule has 7 aromatic carbocycles. The minimum atomic E-state index is -2.85. The van der Waals surface area contributed by atoms with E-state index in [2.05, 4.69) is 127 Å². The van der Waals surface area contributed by atoms with Gasteiger partial charge in [-0.05, 0) is 105 Å². The van der Waals surface area contributed by atoms with Crippen molar-refractivity contribution in [2.75, 3.05) is 0 Å². The zero-order chi connectivity index (χ0) is 54.2. The van der Waals surface area contributed by atoms with Crippen molar-refractivity contribution < 1.29 is 20.3 Å². The largest absolute Gasteiger partial charge is 0.458 e. The fraction of sp³-hybridized carbons (Fsp3) is 0.206. The molecule has 5 heteroatoms. The average molecular weight is 897 g/mol. The van der Waals surface area contributed by atoms with Crippen LogP contribution in [0.4, 0.5) is 0 Å². The highest BCUT2D eigenvalue weighted by molar-refractivity contribution is 6.09. The number of fused-ring (bicyclic) bond motifs is 3. The van der Waals surface area contributed by atoms with Crippen LogP contribution in [-0.2, 0) is 21.7 Å². The first-order valence-electron chi connectivity index (χ1n) is 27.1. The molecular weight excluding hydrogens is 829 g/mol. The Morgan fingerprint density at radius 3 is 1.68 bits per heavy atom. The van der Waals surface area contributed by atoms with Crippen molar-refractivity contribution >= 4 is 21.8 Å². The smallest absolute Gasteiger partial charge is 0.268 e. The molecule has 0 spiro atoms. The van der Waals surface area contributed by atoms with Gasteiger partial charge in [-0.3, -0.25) is 13.7 Å². The second-order valence-electron chi connectivity index (χ2n) is 19.6. The van der Waals surface area contributed by atoms with E-state index in [0.29, 0.717) is 34.2 Å². The van der Waals surface area contributed by atoms with Crippen molar-refractivity contribution in [1.29, 1.82) is 0 Å². The number of para-hydroxylation sites is 1. The van der Waals surface area contributed by atoms with E-state index >= 15 is 0 Å². The van der Waals surface area contributed by atoms with Crippen LogP contribution in [0.1, 0.15) is 112 Å². The van der Waals surface area contributed by atoms with Crippen LogP contribution in [0, 0.1) is 6.33 Å². The first kappa shape index (κ1) is 35.7. The minimum absolute atomic E-state index is 0.0395. The normalized spacial score (nSPS) is 14.6. The van der Waals surface area contributed by atoms with Crippen molar-refractivity contribution in [2.24, 2.45) is 0 Å². The number of benzene rings is 7. The van der Waals surface area contributed by atoms with Gasteiger partial charge in [-0.1, -0.05) is 177 Å².